The molecule has 0 amide bonds. The fourth-order valence-electron chi connectivity index (χ4n) is 2.81. The Morgan fingerprint density at radius 3 is 2.09 bits per heavy atom. The summed E-state index contributed by atoms with van der Waals surface area (Å²) in [6.45, 7) is 3.59. The number of aromatic hydroxyl groups is 1. The number of esters is 1. The maximum absolute atomic E-state index is 11.0. The molecule has 3 heteroatoms. The number of phenols is 1. The first-order chi connectivity index (χ1) is 11.1. The first kappa shape index (κ1) is 19.5. The van der Waals surface area contributed by atoms with Crippen LogP contribution in [0.5, 0.6) is 11.5 Å². The monoisotopic (exact) mass is 320 g/mol. The van der Waals surface area contributed by atoms with Gasteiger partial charge in [-0.2, -0.15) is 0 Å². The van der Waals surface area contributed by atoms with E-state index in [1.807, 2.05) is 12.1 Å². The summed E-state index contributed by atoms with van der Waals surface area (Å²) in [6.07, 6.45) is 13.8. The van der Waals surface area contributed by atoms with E-state index in [4.69, 9.17) is 4.74 Å². The number of benzene rings is 1. The third kappa shape index (κ3) is 8.63. The normalized spacial score (nSPS) is 10.7. The van der Waals surface area contributed by atoms with Gasteiger partial charge in [-0.3, -0.25) is 4.79 Å². The maximum Gasteiger partial charge on any atom is 0.308 e. The van der Waals surface area contributed by atoms with Gasteiger partial charge in [0.05, 0.1) is 0 Å². The SMILES string of the molecule is CCCCCCCCCCCCc1cccc(OC(C)=O)c1O. The van der Waals surface area contributed by atoms with E-state index in [9.17, 15) is 9.90 Å². The zero-order chi connectivity index (χ0) is 16.9. The van der Waals surface area contributed by atoms with Crippen molar-refractivity contribution in [1.29, 1.82) is 0 Å². The lowest BCUT2D eigenvalue weighted by molar-refractivity contribution is -0.132. The molecule has 3 nitrogen and oxygen atoms in total. The van der Waals surface area contributed by atoms with Gasteiger partial charge in [-0.1, -0.05) is 76.8 Å². The largest absolute Gasteiger partial charge is 0.504 e. The summed E-state index contributed by atoms with van der Waals surface area (Å²) in [6, 6.07) is 5.35. The Bertz CT molecular complexity index is 454. The number of hydrogen-bond donors (Lipinski definition) is 1. The molecule has 0 unspecified atom stereocenters. The number of hydrogen-bond acceptors (Lipinski definition) is 3. The van der Waals surface area contributed by atoms with Crippen LogP contribution in [0.3, 0.4) is 0 Å². The molecule has 0 aliphatic rings. The molecule has 0 heterocycles. The highest BCUT2D eigenvalue weighted by atomic mass is 16.5. The summed E-state index contributed by atoms with van der Waals surface area (Å²) in [5, 5.41) is 10.1. The summed E-state index contributed by atoms with van der Waals surface area (Å²) in [5.41, 5.74) is 0.864. The van der Waals surface area contributed by atoms with Crippen molar-refractivity contribution >= 4 is 5.97 Å². The van der Waals surface area contributed by atoms with E-state index in [1.54, 1.807) is 6.07 Å². The molecule has 0 atom stereocenters. The summed E-state index contributed by atoms with van der Waals surface area (Å²) in [7, 11) is 0. The van der Waals surface area contributed by atoms with Crippen LogP contribution in [0.2, 0.25) is 0 Å². The molecule has 0 saturated carbocycles. The van der Waals surface area contributed by atoms with E-state index in [2.05, 4.69) is 6.92 Å². The molecular formula is C20H32O3. The van der Waals surface area contributed by atoms with Gasteiger partial charge in [0.2, 0.25) is 0 Å². The molecule has 1 aromatic rings. The Balaban J connectivity index is 2.15. The van der Waals surface area contributed by atoms with Gasteiger partial charge in [0.25, 0.3) is 0 Å². The smallest absolute Gasteiger partial charge is 0.308 e. The highest BCUT2D eigenvalue weighted by Crippen LogP contribution is 2.31. The minimum absolute atomic E-state index is 0.110. The van der Waals surface area contributed by atoms with Gasteiger partial charge in [-0.15, -0.1) is 0 Å². The molecule has 0 aliphatic carbocycles. The summed E-state index contributed by atoms with van der Waals surface area (Å²) < 4.78 is 5.00. The van der Waals surface area contributed by atoms with Crippen molar-refractivity contribution in [1.82, 2.24) is 0 Å². The molecule has 0 fully saturated rings. The van der Waals surface area contributed by atoms with Crippen LogP contribution in [0.1, 0.15) is 83.6 Å². The first-order valence-electron chi connectivity index (χ1n) is 9.14. The quantitative estimate of drug-likeness (QED) is 0.301. The second-order valence-electron chi connectivity index (χ2n) is 6.29. The predicted octanol–water partition coefficient (Wildman–Crippen LogP) is 5.78. The van der Waals surface area contributed by atoms with E-state index in [-0.39, 0.29) is 11.5 Å². The zero-order valence-electron chi connectivity index (χ0n) is 14.8. The molecule has 23 heavy (non-hydrogen) atoms. The lowest BCUT2D eigenvalue weighted by atomic mass is 10.0. The first-order valence-corrected chi connectivity index (χ1v) is 9.14. The molecule has 1 aromatic carbocycles. The highest BCUT2D eigenvalue weighted by Gasteiger charge is 2.09. The minimum atomic E-state index is -0.406. The van der Waals surface area contributed by atoms with Crippen LogP contribution >= 0.6 is 0 Å². The van der Waals surface area contributed by atoms with Gasteiger partial charge < -0.3 is 9.84 Å². The van der Waals surface area contributed by atoms with Gasteiger partial charge in [0, 0.05) is 6.92 Å². The van der Waals surface area contributed by atoms with Gasteiger partial charge in [-0.25, -0.2) is 0 Å². The number of phenolic OH excluding ortho intramolecular Hbond substituents is 1. The molecule has 1 N–H and O–H groups in total. The number of para-hydroxylation sites is 1. The van der Waals surface area contributed by atoms with E-state index < -0.39 is 5.97 Å². The lowest BCUT2D eigenvalue weighted by Gasteiger charge is -2.09. The Kier molecular flexibility index (Phi) is 10.2. The standard InChI is InChI=1S/C20H32O3/c1-3-4-5-6-7-8-9-10-11-12-14-18-15-13-16-19(20(18)22)23-17(2)21/h13,15-16,22H,3-12,14H2,1-2H3. The molecule has 130 valence electrons. The number of aryl methyl sites for hydroxylation is 1. The predicted molar refractivity (Wildman–Crippen MR) is 95.0 cm³/mol. The Labute approximate surface area is 141 Å². The Hall–Kier alpha value is -1.51. The molecule has 0 aliphatic heterocycles. The number of unbranched alkanes of at least 4 members (excludes halogenated alkanes) is 9. The number of carbonyl (C=O) groups is 1. The van der Waals surface area contributed by atoms with Crippen molar-refractivity contribution in [3.05, 3.63) is 23.8 Å². The van der Waals surface area contributed by atoms with E-state index >= 15 is 0 Å². The van der Waals surface area contributed by atoms with Gasteiger partial charge in [0.1, 0.15) is 0 Å². The molecule has 0 aromatic heterocycles. The van der Waals surface area contributed by atoms with Crippen LogP contribution in [-0.2, 0) is 11.2 Å². The summed E-state index contributed by atoms with van der Waals surface area (Å²) in [5.74, 6) is -0.0305. The Morgan fingerprint density at radius 2 is 1.52 bits per heavy atom. The second-order valence-corrected chi connectivity index (χ2v) is 6.29. The molecular weight excluding hydrogens is 288 g/mol. The molecule has 0 saturated heterocycles. The average Bonchev–Trinajstić information content (AvgIpc) is 2.52. The van der Waals surface area contributed by atoms with Crippen molar-refractivity contribution in [2.75, 3.05) is 0 Å². The van der Waals surface area contributed by atoms with Crippen LogP contribution in [0.25, 0.3) is 0 Å². The average molecular weight is 320 g/mol. The van der Waals surface area contributed by atoms with Crippen LogP contribution in [0.4, 0.5) is 0 Å². The van der Waals surface area contributed by atoms with Gasteiger partial charge in [0.15, 0.2) is 11.5 Å². The van der Waals surface area contributed by atoms with Gasteiger partial charge >= 0.3 is 5.97 Å². The number of carbonyl (C=O) groups excluding carboxylic acids is 1. The summed E-state index contributed by atoms with van der Waals surface area (Å²) >= 11 is 0. The molecule has 0 radical (unpaired) electrons. The molecule has 0 spiro atoms. The number of ether oxygens (including phenoxy) is 1. The van der Waals surface area contributed by atoms with Crippen molar-refractivity contribution in [2.24, 2.45) is 0 Å². The van der Waals surface area contributed by atoms with Crippen LogP contribution < -0.4 is 4.74 Å². The van der Waals surface area contributed by atoms with Crippen LogP contribution in [-0.4, -0.2) is 11.1 Å². The van der Waals surface area contributed by atoms with Crippen LogP contribution in [0.15, 0.2) is 18.2 Å². The zero-order valence-corrected chi connectivity index (χ0v) is 14.8. The maximum atomic E-state index is 11.0. The minimum Gasteiger partial charge on any atom is -0.504 e. The highest BCUT2D eigenvalue weighted by molar-refractivity contribution is 5.70. The van der Waals surface area contributed by atoms with E-state index in [0.29, 0.717) is 0 Å². The topological polar surface area (TPSA) is 46.5 Å². The van der Waals surface area contributed by atoms with Crippen molar-refractivity contribution < 1.29 is 14.6 Å². The third-order valence-electron chi connectivity index (χ3n) is 4.14. The van der Waals surface area contributed by atoms with Crippen molar-refractivity contribution in [3.63, 3.8) is 0 Å². The molecule has 0 bridgehead atoms. The summed E-state index contributed by atoms with van der Waals surface area (Å²) in [4.78, 5) is 11.0. The van der Waals surface area contributed by atoms with Crippen molar-refractivity contribution in [3.8, 4) is 11.5 Å². The third-order valence-corrected chi connectivity index (χ3v) is 4.14. The Morgan fingerprint density at radius 1 is 0.957 bits per heavy atom. The van der Waals surface area contributed by atoms with E-state index in [1.165, 1.54) is 64.7 Å². The van der Waals surface area contributed by atoms with Gasteiger partial charge in [-0.05, 0) is 24.5 Å². The van der Waals surface area contributed by atoms with Crippen LogP contribution in [0, 0.1) is 0 Å². The molecule has 1 rings (SSSR count). The van der Waals surface area contributed by atoms with Crippen molar-refractivity contribution in [2.45, 2.75) is 84.5 Å². The fraction of sp³-hybridized carbons (Fsp3) is 0.650. The van der Waals surface area contributed by atoms with E-state index in [0.717, 1.165) is 18.4 Å². The lowest BCUT2D eigenvalue weighted by Crippen LogP contribution is -2.02. The number of rotatable bonds is 12. The fourth-order valence-corrected chi connectivity index (χ4v) is 2.81. The second kappa shape index (κ2) is 12.0.